The van der Waals surface area contributed by atoms with Crippen LogP contribution in [0.2, 0.25) is 0 Å². The Balaban J connectivity index is 2.34. The highest BCUT2D eigenvalue weighted by Gasteiger charge is 2.44. The van der Waals surface area contributed by atoms with Crippen molar-refractivity contribution in [3.8, 4) is 0 Å². The number of aliphatic hydroxyl groups is 1. The molecule has 0 aromatic carbocycles. The van der Waals surface area contributed by atoms with Crippen molar-refractivity contribution >= 4 is 11.8 Å². The number of fused-ring (bicyclic) bond motifs is 1. The average Bonchev–Trinajstić information content (AvgIpc) is 2.63. The van der Waals surface area contributed by atoms with E-state index in [2.05, 4.69) is 0 Å². The van der Waals surface area contributed by atoms with Crippen LogP contribution in [0.1, 0.15) is 33.1 Å². The van der Waals surface area contributed by atoms with Crippen molar-refractivity contribution in [2.45, 2.75) is 39.2 Å². The van der Waals surface area contributed by atoms with Crippen LogP contribution in [0.25, 0.3) is 0 Å². The van der Waals surface area contributed by atoms with Crippen LogP contribution in [0.5, 0.6) is 0 Å². The molecule has 0 bridgehead atoms. The van der Waals surface area contributed by atoms with Crippen molar-refractivity contribution in [2.75, 3.05) is 6.61 Å². The zero-order valence-corrected chi connectivity index (χ0v) is 11.4. The third-order valence-electron chi connectivity index (χ3n) is 3.90. The van der Waals surface area contributed by atoms with Crippen molar-refractivity contribution in [1.82, 2.24) is 0 Å². The van der Waals surface area contributed by atoms with Crippen LogP contribution in [-0.4, -0.2) is 29.6 Å². The van der Waals surface area contributed by atoms with Crippen molar-refractivity contribution < 1.29 is 19.4 Å². The van der Waals surface area contributed by atoms with Crippen LogP contribution in [0.4, 0.5) is 0 Å². The molecule has 3 atom stereocenters. The number of Topliss-reactive ketones (excluding diaryl/α,β-unsaturated/α-hetero) is 1. The molecule has 1 fully saturated rings. The summed E-state index contributed by atoms with van der Waals surface area (Å²) in [4.78, 5) is 24.0. The fourth-order valence-corrected chi connectivity index (χ4v) is 2.76. The lowest BCUT2D eigenvalue weighted by Gasteiger charge is -2.18. The summed E-state index contributed by atoms with van der Waals surface area (Å²) in [5, 5.41) is 9.34. The van der Waals surface area contributed by atoms with Gasteiger partial charge in [0.2, 0.25) is 0 Å². The Morgan fingerprint density at radius 2 is 2.16 bits per heavy atom. The predicted molar refractivity (Wildman–Crippen MR) is 70.3 cm³/mol. The Bertz CT molecular complexity index is 447. The van der Waals surface area contributed by atoms with E-state index in [0.717, 1.165) is 24.0 Å². The van der Waals surface area contributed by atoms with E-state index in [9.17, 15) is 14.7 Å². The quantitative estimate of drug-likeness (QED) is 0.579. The van der Waals surface area contributed by atoms with Gasteiger partial charge in [0.05, 0.1) is 18.4 Å². The van der Waals surface area contributed by atoms with Gasteiger partial charge in [-0.3, -0.25) is 9.59 Å². The van der Waals surface area contributed by atoms with Gasteiger partial charge in [0.1, 0.15) is 11.9 Å². The van der Waals surface area contributed by atoms with Crippen LogP contribution in [0.3, 0.4) is 0 Å². The molecule has 1 aliphatic carbocycles. The summed E-state index contributed by atoms with van der Waals surface area (Å²) < 4.78 is 5.28. The van der Waals surface area contributed by atoms with Crippen LogP contribution in [0.15, 0.2) is 23.3 Å². The van der Waals surface area contributed by atoms with E-state index >= 15 is 0 Å². The normalized spacial score (nSPS) is 32.3. The Hall–Kier alpha value is -1.42. The smallest absolute Gasteiger partial charge is 0.310 e. The molecular weight excluding hydrogens is 244 g/mol. The lowest BCUT2D eigenvalue weighted by atomic mass is 9.83. The summed E-state index contributed by atoms with van der Waals surface area (Å²) in [5.41, 5.74) is 1.85. The van der Waals surface area contributed by atoms with Gasteiger partial charge >= 0.3 is 5.97 Å². The van der Waals surface area contributed by atoms with Crippen molar-refractivity contribution in [2.24, 2.45) is 11.8 Å². The first-order chi connectivity index (χ1) is 9.02. The number of ketones is 1. The number of hydrogen-bond acceptors (Lipinski definition) is 4. The maximum absolute atomic E-state index is 12.3. The van der Waals surface area contributed by atoms with Crippen LogP contribution >= 0.6 is 0 Å². The van der Waals surface area contributed by atoms with Gasteiger partial charge in [-0.05, 0) is 31.4 Å². The van der Waals surface area contributed by atoms with Crippen LogP contribution in [0, 0.1) is 11.8 Å². The number of aliphatic hydroxyl groups excluding tert-OH is 1. The van der Waals surface area contributed by atoms with Crippen LogP contribution in [-0.2, 0) is 14.3 Å². The van der Waals surface area contributed by atoms with Gasteiger partial charge in [-0.25, -0.2) is 0 Å². The molecule has 19 heavy (non-hydrogen) atoms. The van der Waals surface area contributed by atoms with Gasteiger partial charge in [-0.1, -0.05) is 18.6 Å². The maximum atomic E-state index is 12.3. The molecular formula is C15H20O4. The minimum absolute atomic E-state index is 0.0486. The second kappa shape index (κ2) is 5.70. The van der Waals surface area contributed by atoms with E-state index in [1.54, 1.807) is 13.0 Å². The number of allylic oxidation sites excluding steroid dienone is 2. The second-order valence-electron chi connectivity index (χ2n) is 5.43. The molecule has 2 rings (SSSR count). The van der Waals surface area contributed by atoms with Crippen molar-refractivity contribution in [3.05, 3.63) is 23.3 Å². The number of ether oxygens (including phenoxy) is 1. The Labute approximate surface area is 113 Å². The molecule has 4 heteroatoms. The fourth-order valence-electron chi connectivity index (χ4n) is 2.76. The SMILES string of the molecule is CC1=CCCC(CO)=CC2OC(=O)C(C)C2C(=O)C1. The topological polar surface area (TPSA) is 63.6 Å². The number of esters is 1. The summed E-state index contributed by atoms with van der Waals surface area (Å²) in [7, 11) is 0. The van der Waals surface area contributed by atoms with Gasteiger partial charge in [-0.2, -0.15) is 0 Å². The highest BCUT2D eigenvalue weighted by atomic mass is 16.6. The average molecular weight is 264 g/mol. The molecule has 1 heterocycles. The minimum atomic E-state index is -0.511. The Morgan fingerprint density at radius 3 is 2.84 bits per heavy atom. The molecule has 2 aliphatic rings. The van der Waals surface area contributed by atoms with E-state index in [1.165, 1.54) is 0 Å². The molecule has 1 saturated heterocycles. The predicted octanol–water partition coefficient (Wildman–Crippen LogP) is 1.78. The molecule has 0 aromatic rings. The first kappa shape index (κ1) is 14.0. The number of rotatable bonds is 1. The molecule has 3 unspecified atom stereocenters. The van der Waals surface area contributed by atoms with Crippen molar-refractivity contribution in [1.29, 1.82) is 0 Å². The van der Waals surface area contributed by atoms with Gasteiger partial charge in [-0.15, -0.1) is 0 Å². The zero-order valence-electron chi connectivity index (χ0n) is 11.4. The Morgan fingerprint density at radius 1 is 1.42 bits per heavy atom. The molecule has 0 aromatic heterocycles. The van der Waals surface area contributed by atoms with Crippen LogP contribution < -0.4 is 0 Å². The first-order valence-corrected chi connectivity index (χ1v) is 6.72. The lowest BCUT2D eigenvalue weighted by molar-refractivity contribution is -0.142. The van der Waals surface area contributed by atoms with Gasteiger partial charge in [0.15, 0.2) is 0 Å². The maximum Gasteiger partial charge on any atom is 0.310 e. The molecule has 104 valence electrons. The summed E-state index contributed by atoms with van der Waals surface area (Å²) >= 11 is 0. The third-order valence-corrected chi connectivity index (χ3v) is 3.90. The van der Waals surface area contributed by atoms with E-state index in [4.69, 9.17) is 4.74 Å². The van der Waals surface area contributed by atoms with E-state index < -0.39 is 17.9 Å². The number of carbonyl (C=O) groups is 2. The monoisotopic (exact) mass is 264 g/mol. The number of carbonyl (C=O) groups excluding carboxylic acids is 2. The summed E-state index contributed by atoms with van der Waals surface area (Å²) in [6.45, 7) is 3.61. The fraction of sp³-hybridized carbons (Fsp3) is 0.600. The third kappa shape index (κ3) is 2.95. The minimum Gasteiger partial charge on any atom is -0.457 e. The second-order valence-corrected chi connectivity index (χ2v) is 5.43. The molecule has 1 aliphatic heterocycles. The lowest BCUT2D eigenvalue weighted by Crippen LogP contribution is -2.28. The highest BCUT2D eigenvalue weighted by molar-refractivity contribution is 5.91. The molecule has 0 saturated carbocycles. The summed E-state index contributed by atoms with van der Waals surface area (Å²) in [5.74, 6) is -1.10. The van der Waals surface area contributed by atoms with Gasteiger partial charge in [0, 0.05) is 6.42 Å². The molecule has 0 spiro atoms. The molecule has 1 N–H and O–H groups in total. The molecule has 0 radical (unpaired) electrons. The van der Waals surface area contributed by atoms with E-state index in [0.29, 0.717) is 6.42 Å². The molecule has 0 amide bonds. The number of hydrogen-bond donors (Lipinski definition) is 1. The largest absolute Gasteiger partial charge is 0.457 e. The Kier molecular flexibility index (Phi) is 4.20. The van der Waals surface area contributed by atoms with Gasteiger partial charge in [0.25, 0.3) is 0 Å². The van der Waals surface area contributed by atoms with Crippen molar-refractivity contribution in [3.63, 3.8) is 0 Å². The summed E-state index contributed by atoms with van der Waals surface area (Å²) in [6, 6.07) is 0. The van der Waals surface area contributed by atoms with E-state index in [1.807, 2.05) is 13.0 Å². The first-order valence-electron chi connectivity index (χ1n) is 6.72. The standard InChI is InChI=1S/C15H20O4/c1-9-4-3-5-11(8-16)7-13-14(12(17)6-9)10(2)15(18)19-13/h4,7,10,13-14,16H,3,5-6,8H2,1-2H3. The summed E-state index contributed by atoms with van der Waals surface area (Å²) in [6.07, 6.45) is 5.19. The van der Waals surface area contributed by atoms with E-state index in [-0.39, 0.29) is 18.4 Å². The highest BCUT2D eigenvalue weighted by Crippen LogP contribution is 2.33. The van der Waals surface area contributed by atoms with Gasteiger partial charge < -0.3 is 9.84 Å². The zero-order chi connectivity index (χ0) is 14.0. The molecule has 4 nitrogen and oxygen atoms in total.